The first-order valence-electron chi connectivity index (χ1n) is 10.4. The van der Waals surface area contributed by atoms with Crippen molar-refractivity contribution in [3.63, 3.8) is 0 Å². The number of hydrogen-bond acceptors (Lipinski definition) is 3. The van der Waals surface area contributed by atoms with Gasteiger partial charge in [-0.25, -0.2) is 4.79 Å². The third-order valence-electron chi connectivity index (χ3n) is 5.14. The minimum absolute atomic E-state index is 0.109. The number of fused-ring (bicyclic) bond motifs is 1. The van der Waals surface area contributed by atoms with E-state index in [-0.39, 0.29) is 12.4 Å². The smallest absolute Gasteiger partial charge is 0.339 e. The van der Waals surface area contributed by atoms with Crippen molar-refractivity contribution in [1.82, 2.24) is 0 Å². The Balaban J connectivity index is 1.57. The molecule has 1 aliphatic heterocycles. The maximum absolute atomic E-state index is 11.6. The van der Waals surface area contributed by atoms with Gasteiger partial charge in [0.05, 0.1) is 0 Å². The number of ether oxygens (including phenoxy) is 2. The molecule has 0 atom stereocenters. The van der Waals surface area contributed by atoms with Gasteiger partial charge in [0, 0.05) is 0 Å². The molecule has 1 aromatic carbocycles. The molecular weight excluding hydrogens is 328 g/mol. The van der Waals surface area contributed by atoms with Gasteiger partial charge in [0.1, 0.15) is 5.56 Å². The van der Waals surface area contributed by atoms with Crippen LogP contribution in [0.4, 0.5) is 0 Å². The number of carboxylic acid groups (broad SMARTS) is 1. The highest BCUT2D eigenvalue weighted by Crippen LogP contribution is 2.38. The van der Waals surface area contributed by atoms with Crippen molar-refractivity contribution in [1.29, 1.82) is 0 Å². The SMILES string of the molecule is CCCCCCCCCCCCCCc1ccc2c(c1C(=O)O)OCO2. The standard InChI is InChI=1S/C22H34O4/c1-2-3-4-5-6-7-8-9-10-11-12-13-14-18-15-16-19-21(26-17-25-19)20(18)22(23)24/h15-16H,2-14,17H2,1H3,(H,23,24). The summed E-state index contributed by atoms with van der Waals surface area (Å²) in [6.07, 6.45) is 16.5. The molecule has 0 saturated carbocycles. The van der Waals surface area contributed by atoms with Gasteiger partial charge >= 0.3 is 5.97 Å². The van der Waals surface area contributed by atoms with Gasteiger partial charge in [0.15, 0.2) is 11.5 Å². The van der Waals surface area contributed by atoms with Crippen LogP contribution in [0.25, 0.3) is 0 Å². The van der Waals surface area contributed by atoms with Crippen LogP contribution in [-0.4, -0.2) is 17.9 Å². The van der Waals surface area contributed by atoms with Gasteiger partial charge in [-0.2, -0.15) is 0 Å². The number of benzene rings is 1. The Morgan fingerprint density at radius 1 is 0.885 bits per heavy atom. The molecular formula is C22H34O4. The quantitative estimate of drug-likeness (QED) is 0.391. The predicted molar refractivity (Wildman–Crippen MR) is 104 cm³/mol. The molecule has 0 radical (unpaired) electrons. The Hall–Kier alpha value is -1.71. The summed E-state index contributed by atoms with van der Waals surface area (Å²) in [4.78, 5) is 11.6. The third-order valence-corrected chi connectivity index (χ3v) is 5.14. The molecule has 2 rings (SSSR count). The van der Waals surface area contributed by atoms with Crippen molar-refractivity contribution in [2.75, 3.05) is 6.79 Å². The molecule has 0 spiro atoms. The molecule has 4 heteroatoms. The number of aromatic carboxylic acids is 1. The molecule has 146 valence electrons. The lowest BCUT2D eigenvalue weighted by Gasteiger charge is -2.09. The molecule has 0 unspecified atom stereocenters. The van der Waals surface area contributed by atoms with Crippen molar-refractivity contribution in [2.24, 2.45) is 0 Å². The molecule has 0 fully saturated rings. The van der Waals surface area contributed by atoms with Crippen molar-refractivity contribution >= 4 is 5.97 Å². The first kappa shape index (κ1) is 20.6. The van der Waals surface area contributed by atoms with Crippen LogP contribution in [0.1, 0.15) is 99.9 Å². The van der Waals surface area contributed by atoms with E-state index < -0.39 is 5.97 Å². The predicted octanol–water partition coefficient (Wildman–Crippen LogP) is 6.36. The van der Waals surface area contributed by atoms with Crippen LogP contribution in [0, 0.1) is 0 Å². The molecule has 0 bridgehead atoms. The second-order valence-corrected chi connectivity index (χ2v) is 7.28. The molecule has 1 N–H and O–H groups in total. The molecule has 0 aliphatic carbocycles. The topological polar surface area (TPSA) is 55.8 Å². The molecule has 1 heterocycles. The Morgan fingerprint density at radius 2 is 1.46 bits per heavy atom. The lowest BCUT2D eigenvalue weighted by atomic mass is 9.99. The van der Waals surface area contributed by atoms with Crippen LogP contribution < -0.4 is 9.47 Å². The number of hydrogen-bond donors (Lipinski definition) is 1. The van der Waals surface area contributed by atoms with E-state index in [2.05, 4.69) is 6.92 Å². The largest absolute Gasteiger partial charge is 0.478 e. The Kier molecular flexibility index (Phi) is 9.36. The molecule has 0 aromatic heterocycles. The summed E-state index contributed by atoms with van der Waals surface area (Å²) in [6.45, 7) is 2.37. The first-order chi connectivity index (χ1) is 12.7. The number of unbranched alkanes of at least 4 members (excludes halogenated alkanes) is 11. The zero-order valence-electron chi connectivity index (χ0n) is 16.2. The van der Waals surface area contributed by atoms with Gasteiger partial charge in [-0.3, -0.25) is 0 Å². The van der Waals surface area contributed by atoms with Crippen molar-refractivity contribution < 1.29 is 19.4 Å². The van der Waals surface area contributed by atoms with Gasteiger partial charge < -0.3 is 14.6 Å². The van der Waals surface area contributed by atoms with Gasteiger partial charge in [-0.05, 0) is 24.5 Å². The minimum atomic E-state index is -0.929. The summed E-state index contributed by atoms with van der Waals surface area (Å²) in [6, 6.07) is 3.69. The average Bonchev–Trinajstić information content (AvgIpc) is 3.10. The van der Waals surface area contributed by atoms with E-state index in [9.17, 15) is 9.90 Å². The molecule has 0 amide bonds. The summed E-state index contributed by atoms with van der Waals surface area (Å²) in [5.74, 6) is 0.0102. The fourth-order valence-corrected chi connectivity index (χ4v) is 3.61. The average molecular weight is 363 g/mol. The van der Waals surface area contributed by atoms with Gasteiger partial charge in [0.2, 0.25) is 6.79 Å². The fourth-order valence-electron chi connectivity index (χ4n) is 3.61. The second-order valence-electron chi connectivity index (χ2n) is 7.28. The first-order valence-corrected chi connectivity index (χ1v) is 10.4. The van der Waals surface area contributed by atoms with Gasteiger partial charge in [-0.15, -0.1) is 0 Å². The molecule has 0 saturated heterocycles. The number of carbonyl (C=O) groups is 1. The normalized spacial score (nSPS) is 12.5. The summed E-state index contributed by atoms with van der Waals surface area (Å²) in [5, 5.41) is 9.49. The molecule has 1 aliphatic rings. The Morgan fingerprint density at radius 3 is 2.04 bits per heavy atom. The van der Waals surface area contributed by atoms with E-state index >= 15 is 0 Å². The van der Waals surface area contributed by atoms with E-state index in [1.165, 1.54) is 64.2 Å². The van der Waals surface area contributed by atoms with E-state index in [0.29, 0.717) is 11.5 Å². The highest BCUT2D eigenvalue weighted by Gasteiger charge is 2.24. The van der Waals surface area contributed by atoms with Crippen LogP contribution in [0.2, 0.25) is 0 Å². The number of rotatable bonds is 14. The maximum atomic E-state index is 11.6. The lowest BCUT2D eigenvalue weighted by Crippen LogP contribution is -2.05. The third kappa shape index (κ3) is 6.54. The second kappa shape index (κ2) is 11.8. The number of aryl methyl sites for hydroxylation is 1. The summed E-state index contributed by atoms with van der Waals surface area (Å²) >= 11 is 0. The number of carboxylic acids is 1. The molecule has 4 nitrogen and oxygen atoms in total. The van der Waals surface area contributed by atoms with E-state index in [0.717, 1.165) is 24.8 Å². The van der Waals surface area contributed by atoms with Crippen LogP contribution in [-0.2, 0) is 6.42 Å². The minimum Gasteiger partial charge on any atom is -0.478 e. The van der Waals surface area contributed by atoms with Crippen LogP contribution >= 0.6 is 0 Å². The van der Waals surface area contributed by atoms with Crippen LogP contribution in [0.15, 0.2) is 12.1 Å². The maximum Gasteiger partial charge on any atom is 0.339 e. The van der Waals surface area contributed by atoms with E-state index in [1.807, 2.05) is 12.1 Å². The van der Waals surface area contributed by atoms with Crippen LogP contribution in [0.3, 0.4) is 0 Å². The summed E-state index contributed by atoms with van der Waals surface area (Å²) in [7, 11) is 0. The van der Waals surface area contributed by atoms with Gasteiger partial charge in [0.25, 0.3) is 0 Å². The fraction of sp³-hybridized carbons (Fsp3) is 0.682. The molecule has 26 heavy (non-hydrogen) atoms. The summed E-state index contributed by atoms with van der Waals surface area (Å²) in [5.41, 5.74) is 1.14. The van der Waals surface area contributed by atoms with E-state index in [4.69, 9.17) is 9.47 Å². The van der Waals surface area contributed by atoms with Crippen molar-refractivity contribution in [2.45, 2.75) is 90.4 Å². The van der Waals surface area contributed by atoms with Crippen LogP contribution in [0.5, 0.6) is 11.5 Å². The van der Waals surface area contributed by atoms with E-state index in [1.54, 1.807) is 0 Å². The zero-order chi connectivity index (χ0) is 18.6. The Bertz CT molecular complexity index is 553. The Labute approximate surface area is 157 Å². The van der Waals surface area contributed by atoms with Gasteiger partial charge in [-0.1, -0.05) is 83.6 Å². The highest BCUT2D eigenvalue weighted by atomic mass is 16.7. The monoisotopic (exact) mass is 362 g/mol. The highest BCUT2D eigenvalue weighted by molar-refractivity contribution is 5.94. The lowest BCUT2D eigenvalue weighted by molar-refractivity contribution is 0.0691. The van der Waals surface area contributed by atoms with Crippen molar-refractivity contribution in [3.05, 3.63) is 23.3 Å². The zero-order valence-corrected chi connectivity index (χ0v) is 16.2. The van der Waals surface area contributed by atoms with Crippen molar-refractivity contribution in [3.8, 4) is 11.5 Å². The summed E-state index contributed by atoms with van der Waals surface area (Å²) < 4.78 is 10.6. The molecule has 1 aromatic rings.